The van der Waals surface area contributed by atoms with E-state index in [9.17, 15) is 18.0 Å². The molecule has 0 saturated carbocycles. The fourth-order valence-electron chi connectivity index (χ4n) is 2.91. The minimum Gasteiger partial charge on any atom is -0.478 e. The lowest BCUT2D eigenvalue weighted by Gasteiger charge is -2.18. The van der Waals surface area contributed by atoms with Gasteiger partial charge in [0.1, 0.15) is 18.1 Å². The Hall–Kier alpha value is -2.89. The lowest BCUT2D eigenvalue weighted by molar-refractivity contribution is -0.137. The Bertz CT molecular complexity index is 1070. The molecule has 0 amide bonds. The van der Waals surface area contributed by atoms with Gasteiger partial charge in [-0.3, -0.25) is 4.79 Å². The number of ether oxygens (including phenoxy) is 2. The van der Waals surface area contributed by atoms with Crippen LogP contribution in [0.25, 0.3) is 5.57 Å². The van der Waals surface area contributed by atoms with Crippen LogP contribution in [0.4, 0.5) is 13.2 Å². The summed E-state index contributed by atoms with van der Waals surface area (Å²) in [6, 6.07) is 11.7. The standard InChI is InChI=1S/C22H18F3IN2O4/c1-14(15-5-4-6-16(12-15)22(23,24)25)11-17(13-29)32-19-8-3-2-7-18(19)20(27-26)21-28-31-10-9-30-21/h2-8,11-13,17H,9-10H2,1H3/b14-11+,27-20?. The Labute approximate surface area is 196 Å². The summed E-state index contributed by atoms with van der Waals surface area (Å²) in [5.74, 6) is 0.505. The van der Waals surface area contributed by atoms with E-state index in [2.05, 4.69) is 8.36 Å². The Morgan fingerprint density at radius 3 is 2.66 bits per heavy atom. The molecule has 6 nitrogen and oxygen atoms in total. The van der Waals surface area contributed by atoms with Crippen molar-refractivity contribution in [2.24, 2.45) is 8.36 Å². The maximum absolute atomic E-state index is 13.0. The van der Waals surface area contributed by atoms with Crippen LogP contribution in [0.5, 0.6) is 5.75 Å². The second-order valence-electron chi connectivity index (χ2n) is 6.65. The van der Waals surface area contributed by atoms with Gasteiger partial charge in [0.05, 0.1) is 28.4 Å². The molecule has 10 heteroatoms. The number of rotatable bonds is 7. The number of halogens is 4. The highest BCUT2D eigenvalue weighted by Crippen LogP contribution is 2.31. The molecule has 0 fully saturated rings. The van der Waals surface area contributed by atoms with E-state index in [0.717, 1.165) is 12.1 Å². The van der Waals surface area contributed by atoms with Crippen LogP contribution in [-0.2, 0) is 20.5 Å². The number of oxime groups is 1. The predicted octanol–water partition coefficient (Wildman–Crippen LogP) is 5.25. The van der Waals surface area contributed by atoms with Gasteiger partial charge in [-0.05, 0) is 53.6 Å². The van der Waals surface area contributed by atoms with Crippen molar-refractivity contribution in [3.63, 3.8) is 0 Å². The second kappa shape index (κ2) is 10.6. The molecule has 0 spiro atoms. The Morgan fingerprint density at radius 2 is 2.00 bits per heavy atom. The van der Waals surface area contributed by atoms with Crippen molar-refractivity contribution in [1.29, 1.82) is 0 Å². The SMILES string of the molecule is C/C(=C\C(C=O)Oc1ccccc1C(=NI)C1=NOCCO1)c1cccc(C(F)(F)F)c1. The number of aldehydes is 1. The van der Waals surface area contributed by atoms with E-state index in [0.29, 0.717) is 47.7 Å². The molecule has 168 valence electrons. The van der Waals surface area contributed by atoms with Crippen molar-refractivity contribution in [2.75, 3.05) is 13.2 Å². The Morgan fingerprint density at radius 1 is 1.22 bits per heavy atom. The molecular weight excluding hydrogens is 540 g/mol. The first-order valence-corrected chi connectivity index (χ1v) is 10.4. The molecule has 0 radical (unpaired) electrons. The molecule has 2 aromatic carbocycles. The molecule has 0 saturated heterocycles. The molecule has 1 aliphatic heterocycles. The first-order valence-electron chi connectivity index (χ1n) is 9.43. The number of carbonyl (C=O) groups excluding carboxylic acids is 1. The number of nitrogens with zero attached hydrogens (tertiary/aromatic N) is 2. The first kappa shape index (κ1) is 23.8. The van der Waals surface area contributed by atoms with Gasteiger partial charge in [0.15, 0.2) is 19.0 Å². The third-order valence-electron chi connectivity index (χ3n) is 4.45. The summed E-state index contributed by atoms with van der Waals surface area (Å²) in [5, 5.41) is 3.86. The fraction of sp³-hybridized carbons (Fsp3) is 0.227. The van der Waals surface area contributed by atoms with Crippen LogP contribution in [-0.4, -0.2) is 37.2 Å². The number of carbonyl (C=O) groups is 1. The van der Waals surface area contributed by atoms with Gasteiger partial charge in [-0.2, -0.15) is 13.2 Å². The van der Waals surface area contributed by atoms with E-state index in [1.807, 2.05) is 0 Å². The van der Waals surface area contributed by atoms with E-state index in [1.165, 1.54) is 18.2 Å². The lowest BCUT2D eigenvalue weighted by Crippen LogP contribution is -2.26. The van der Waals surface area contributed by atoms with Gasteiger partial charge in [0, 0.05) is 5.56 Å². The number of allylic oxidation sites excluding steroid dienone is 1. The van der Waals surface area contributed by atoms with Crippen LogP contribution in [0.1, 0.15) is 23.6 Å². The molecule has 0 aromatic heterocycles. The Balaban J connectivity index is 1.88. The Kier molecular flexibility index (Phi) is 7.89. The van der Waals surface area contributed by atoms with Gasteiger partial charge >= 0.3 is 6.18 Å². The smallest absolute Gasteiger partial charge is 0.416 e. The van der Waals surface area contributed by atoms with Crippen molar-refractivity contribution >= 4 is 46.3 Å². The summed E-state index contributed by atoms with van der Waals surface area (Å²) < 4.78 is 54.6. The molecule has 0 aliphatic carbocycles. The summed E-state index contributed by atoms with van der Waals surface area (Å²) in [6.45, 7) is 2.25. The topological polar surface area (TPSA) is 69.5 Å². The second-order valence-corrected chi connectivity index (χ2v) is 7.14. The summed E-state index contributed by atoms with van der Waals surface area (Å²) in [7, 11) is 0. The number of alkyl halides is 3. The molecule has 1 atom stereocenters. The molecule has 1 heterocycles. The lowest BCUT2D eigenvalue weighted by atomic mass is 10.0. The van der Waals surface area contributed by atoms with Crippen LogP contribution in [0.2, 0.25) is 0 Å². The molecule has 32 heavy (non-hydrogen) atoms. The zero-order chi connectivity index (χ0) is 23.1. The van der Waals surface area contributed by atoms with E-state index < -0.39 is 17.8 Å². The zero-order valence-electron chi connectivity index (χ0n) is 16.8. The first-order chi connectivity index (χ1) is 15.3. The number of hydrogen-bond donors (Lipinski definition) is 0. The van der Waals surface area contributed by atoms with Crippen LogP contribution in [0.3, 0.4) is 0 Å². The number of hydrogen-bond acceptors (Lipinski definition) is 6. The van der Waals surface area contributed by atoms with Gasteiger partial charge in [-0.1, -0.05) is 24.3 Å². The van der Waals surface area contributed by atoms with E-state index in [4.69, 9.17) is 14.3 Å². The summed E-state index contributed by atoms with van der Waals surface area (Å²) in [6.07, 6.45) is -3.49. The molecule has 1 aliphatic rings. The summed E-state index contributed by atoms with van der Waals surface area (Å²) >= 11 is 1.79. The number of para-hydroxylation sites is 1. The molecule has 2 aromatic rings. The van der Waals surface area contributed by atoms with Gasteiger partial charge in [-0.25, -0.2) is 3.21 Å². The van der Waals surface area contributed by atoms with Gasteiger partial charge in [-0.15, -0.1) is 0 Å². The molecule has 0 N–H and O–H groups in total. The maximum atomic E-state index is 13.0. The predicted molar refractivity (Wildman–Crippen MR) is 122 cm³/mol. The summed E-state index contributed by atoms with van der Waals surface area (Å²) in [5.41, 5.74) is 0.907. The van der Waals surface area contributed by atoms with Crippen molar-refractivity contribution in [1.82, 2.24) is 0 Å². The van der Waals surface area contributed by atoms with E-state index >= 15 is 0 Å². The average molecular weight is 558 g/mol. The van der Waals surface area contributed by atoms with Gasteiger partial charge in [0.2, 0.25) is 0 Å². The third kappa shape index (κ3) is 5.87. The van der Waals surface area contributed by atoms with E-state index in [1.54, 1.807) is 54.1 Å². The van der Waals surface area contributed by atoms with Crippen LogP contribution >= 0.6 is 22.9 Å². The van der Waals surface area contributed by atoms with Crippen LogP contribution in [0.15, 0.2) is 63.0 Å². The monoisotopic (exact) mass is 558 g/mol. The molecule has 0 bridgehead atoms. The van der Waals surface area contributed by atoms with Crippen LogP contribution < -0.4 is 4.74 Å². The van der Waals surface area contributed by atoms with Crippen molar-refractivity contribution in [3.8, 4) is 5.75 Å². The van der Waals surface area contributed by atoms with Crippen molar-refractivity contribution in [3.05, 3.63) is 71.3 Å². The van der Waals surface area contributed by atoms with Crippen molar-refractivity contribution < 1.29 is 32.3 Å². The average Bonchev–Trinajstić information content (AvgIpc) is 2.80. The molecular formula is C22H18F3IN2O4. The zero-order valence-corrected chi connectivity index (χ0v) is 19.0. The minimum absolute atomic E-state index is 0.181. The van der Waals surface area contributed by atoms with Gasteiger partial charge in [0.25, 0.3) is 5.90 Å². The van der Waals surface area contributed by atoms with E-state index in [-0.39, 0.29) is 5.90 Å². The van der Waals surface area contributed by atoms with Gasteiger partial charge < -0.3 is 14.3 Å². The quantitative estimate of drug-likeness (QED) is 0.265. The highest BCUT2D eigenvalue weighted by atomic mass is 127. The van der Waals surface area contributed by atoms with Crippen molar-refractivity contribution in [2.45, 2.75) is 19.2 Å². The molecule has 3 rings (SSSR count). The highest BCUT2D eigenvalue weighted by Gasteiger charge is 2.30. The third-order valence-corrected chi connectivity index (χ3v) is 4.93. The molecule has 1 unspecified atom stereocenters. The minimum atomic E-state index is -4.46. The van der Waals surface area contributed by atoms with Crippen LogP contribution in [0, 0.1) is 0 Å². The largest absolute Gasteiger partial charge is 0.478 e. The summed E-state index contributed by atoms with van der Waals surface area (Å²) in [4.78, 5) is 16.8. The highest BCUT2D eigenvalue weighted by molar-refractivity contribution is 14.1. The maximum Gasteiger partial charge on any atom is 0.416 e. The normalized spacial score (nSPS) is 15.8. The fourth-order valence-corrected chi connectivity index (χ4v) is 3.38. The number of benzene rings is 2.